The van der Waals surface area contributed by atoms with E-state index in [1.165, 1.54) is 35.2 Å². The fourth-order valence-corrected chi connectivity index (χ4v) is 4.76. The third-order valence-corrected chi connectivity index (χ3v) is 6.38. The molecule has 2 heterocycles. The van der Waals surface area contributed by atoms with Gasteiger partial charge in [-0.05, 0) is 38.8 Å². The molecule has 0 bridgehead atoms. The normalized spacial score (nSPS) is 16.2. The molecule has 28 heavy (non-hydrogen) atoms. The standard InChI is InChI=1S/C20H23N5O2S/c1-12(25-13(2)21-16-11-7-6-10-15(16)19(25)27)17(26)22-20-24-23-18(28-20)14-8-4-3-5-9-14/h6-7,10-12,14H,3-5,8-9H2,1-2H3,(H,22,24,26)/t12-/m0/s1. The van der Waals surface area contributed by atoms with Crippen LogP contribution in [-0.2, 0) is 4.79 Å². The second-order valence-corrected chi connectivity index (χ2v) is 8.31. The lowest BCUT2D eigenvalue weighted by Crippen LogP contribution is -2.33. The smallest absolute Gasteiger partial charge is 0.262 e. The molecule has 4 rings (SSSR count). The zero-order chi connectivity index (χ0) is 19.7. The Morgan fingerprint density at radius 2 is 1.96 bits per heavy atom. The Bertz CT molecular complexity index is 1070. The summed E-state index contributed by atoms with van der Waals surface area (Å²) in [5, 5.41) is 13.2. The van der Waals surface area contributed by atoms with Crippen molar-refractivity contribution in [3.05, 3.63) is 45.5 Å². The third-order valence-electron chi connectivity index (χ3n) is 5.38. The summed E-state index contributed by atoms with van der Waals surface area (Å²) in [4.78, 5) is 30.1. The van der Waals surface area contributed by atoms with Gasteiger partial charge in [0.25, 0.3) is 5.56 Å². The van der Waals surface area contributed by atoms with E-state index in [1.807, 2.05) is 6.07 Å². The van der Waals surface area contributed by atoms with Gasteiger partial charge in [0, 0.05) is 5.92 Å². The van der Waals surface area contributed by atoms with E-state index < -0.39 is 6.04 Å². The molecule has 8 heteroatoms. The maximum atomic E-state index is 12.9. The van der Waals surface area contributed by atoms with Gasteiger partial charge in [0.2, 0.25) is 11.0 Å². The average Bonchev–Trinajstić information content (AvgIpc) is 3.17. The van der Waals surface area contributed by atoms with Gasteiger partial charge >= 0.3 is 0 Å². The second kappa shape index (κ2) is 7.79. The fourth-order valence-electron chi connectivity index (χ4n) is 3.84. The van der Waals surface area contributed by atoms with E-state index in [9.17, 15) is 9.59 Å². The summed E-state index contributed by atoms with van der Waals surface area (Å²) in [5.41, 5.74) is 0.418. The Labute approximate surface area is 166 Å². The Morgan fingerprint density at radius 1 is 1.21 bits per heavy atom. The van der Waals surface area contributed by atoms with Crippen molar-refractivity contribution in [3.8, 4) is 0 Å². The molecule has 1 fully saturated rings. The summed E-state index contributed by atoms with van der Waals surface area (Å²) < 4.78 is 1.43. The highest BCUT2D eigenvalue weighted by Gasteiger charge is 2.23. The van der Waals surface area contributed by atoms with Crippen molar-refractivity contribution in [2.45, 2.75) is 57.9 Å². The van der Waals surface area contributed by atoms with E-state index >= 15 is 0 Å². The molecule has 1 amide bonds. The van der Waals surface area contributed by atoms with Crippen LogP contribution < -0.4 is 10.9 Å². The van der Waals surface area contributed by atoms with E-state index in [-0.39, 0.29) is 11.5 Å². The first-order chi connectivity index (χ1) is 13.5. The van der Waals surface area contributed by atoms with Gasteiger partial charge in [0.05, 0.1) is 10.9 Å². The molecular weight excluding hydrogens is 374 g/mol. The number of aryl methyl sites for hydroxylation is 1. The molecule has 1 aromatic carbocycles. The molecule has 1 saturated carbocycles. The van der Waals surface area contributed by atoms with Crippen LogP contribution in [0.15, 0.2) is 29.1 Å². The average molecular weight is 398 g/mol. The highest BCUT2D eigenvalue weighted by Crippen LogP contribution is 2.35. The van der Waals surface area contributed by atoms with Crippen molar-refractivity contribution in [3.63, 3.8) is 0 Å². The van der Waals surface area contributed by atoms with Crippen LogP contribution in [0.2, 0.25) is 0 Å². The highest BCUT2D eigenvalue weighted by atomic mass is 32.1. The number of hydrogen-bond acceptors (Lipinski definition) is 6. The Morgan fingerprint density at radius 3 is 2.75 bits per heavy atom. The van der Waals surface area contributed by atoms with Crippen molar-refractivity contribution >= 4 is 33.3 Å². The van der Waals surface area contributed by atoms with Gasteiger partial charge in [-0.25, -0.2) is 4.98 Å². The second-order valence-electron chi connectivity index (χ2n) is 7.30. The minimum absolute atomic E-state index is 0.217. The number of para-hydroxylation sites is 1. The van der Waals surface area contributed by atoms with Gasteiger partial charge in [-0.15, -0.1) is 10.2 Å². The quantitative estimate of drug-likeness (QED) is 0.723. The molecule has 7 nitrogen and oxygen atoms in total. The Hall–Kier alpha value is -2.61. The molecular formula is C20H23N5O2S. The summed E-state index contributed by atoms with van der Waals surface area (Å²) >= 11 is 1.43. The van der Waals surface area contributed by atoms with Gasteiger partial charge in [-0.3, -0.25) is 19.5 Å². The SMILES string of the molecule is Cc1nc2ccccc2c(=O)n1[C@@H](C)C(=O)Nc1nnc(C2CCCCC2)s1. The first-order valence-corrected chi connectivity index (χ1v) is 10.5. The van der Waals surface area contributed by atoms with Crippen LogP contribution in [0.4, 0.5) is 5.13 Å². The van der Waals surface area contributed by atoms with Gasteiger partial charge in [0.15, 0.2) is 0 Å². The van der Waals surface area contributed by atoms with E-state index in [0.717, 1.165) is 17.8 Å². The summed E-state index contributed by atoms with van der Waals surface area (Å²) in [6.45, 7) is 3.44. The number of nitrogens with zero attached hydrogens (tertiary/aromatic N) is 4. The summed E-state index contributed by atoms with van der Waals surface area (Å²) in [6.07, 6.45) is 6.00. The van der Waals surface area contributed by atoms with E-state index in [2.05, 4.69) is 20.5 Å². The molecule has 1 N–H and O–H groups in total. The molecule has 2 aromatic heterocycles. The predicted octanol–water partition coefficient (Wildman–Crippen LogP) is 3.80. The zero-order valence-electron chi connectivity index (χ0n) is 16.0. The van der Waals surface area contributed by atoms with E-state index in [1.54, 1.807) is 32.0 Å². The molecule has 1 atom stereocenters. The molecule has 0 saturated heterocycles. The van der Waals surface area contributed by atoms with Crippen molar-refractivity contribution < 1.29 is 4.79 Å². The van der Waals surface area contributed by atoms with Gasteiger partial charge in [-0.1, -0.05) is 42.7 Å². The lowest BCUT2D eigenvalue weighted by Gasteiger charge is -2.18. The highest BCUT2D eigenvalue weighted by molar-refractivity contribution is 7.15. The number of hydrogen-bond donors (Lipinski definition) is 1. The molecule has 3 aromatic rings. The topological polar surface area (TPSA) is 89.8 Å². The Balaban J connectivity index is 1.55. The minimum atomic E-state index is -0.702. The summed E-state index contributed by atoms with van der Waals surface area (Å²) in [5.74, 6) is 0.656. The first-order valence-electron chi connectivity index (χ1n) is 9.66. The lowest BCUT2D eigenvalue weighted by atomic mass is 9.90. The largest absolute Gasteiger partial charge is 0.299 e. The summed E-state index contributed by atoms with van der Waals surface area (Å²) in [6, 6.07) is 6.46. The first kappa shape index (κ1) is 18.7. The number of benzene rings is 1. The van der Waals surface area contributed by atoms with Crippen LogP contribution in [0.3, 0.4) is 0 Å². The lowest BCUT2D eigenvalue weighted by molar-refractivity contribution is -0.118. The third kappa shape index (κ3) is 3.56. The van der Waals surface area contributed by atoms with Crippen molar-refractivity contribution in [1.29, 1.82) is 0 Å². The van der Waals surface area contributed by atoms with Gasteiger partial charge < -0.3 is 0 Å². The van der Waals surface area contributed by atoms with Crippen molar-refractivity contribution in [1.82, 2.24) is 19.7 Å². The Kier molecular flexibility index (Phi) is 5.21. The fraction of sp³-hybridized carbons (Fsp3) is 0.450. The number of nitrogens with one attached hydrogen (secondary N) is 1. The van der Waals surface area contributed by atoms with Gasteiger partial charge in [0.1, 0.15) is 16.9 Å². The molecule has 0 aliphatic heterocycles. The van der Waals surface area contributed by atoms with Crippen LogP contribution >= 0.6 is 11.3 Å². The van der Waals surface area contributed by atoms with Crippen LogP contribution in [-0.4, -0.2) is 25.7 Å². The molecule has 146 valence electrons. The number of aromatic nitrogens is 4. The maximum Gasteiger partial charge on any atom is 0.262 e. The summed E-state index contributed by atoms with van der Waals surface area (Å²) in [7, 11) is 0. The number of carbonyl (C=O) groups is 1. The molecule has 0 spiro atoms. The van der Waals surface area contributed by atoms with Crippen LogP contribution in [0.25, 0.3) is 10.9 Å². The van der Waals surface area contributed by atoms with E-state index in [0.29, 0.717) is 27.8 Å². The molecule has 1 aliphatic carbocycles. The van der Waals surface area contributed by atoms with Crippen LogP contribution in [0.1, 0.15) is 61.8 Å². The molecule has 0 radical (unpaired) electrons. The predicted molar refractivity (Wildman–Crippen MR) is 110 cm³/mol. The number of fused-ring (bicyclic) bond motifs is 1. The monoisotopic (exact) mass is 397 g/mol. The van der Waals surface area contributed by atoms with Crippen LogP contribution in [0, 0.1) is 6.92 Å². The van der Waals surface area contributed by atoms with E-state index in [4.69, 9.17) is 0 Å². The number of rotatable bonds is 4. The zero-order valence-corrected chi connectivity index (χ0v) is 16.8. The van der Waals surface area contributed by atoms with Crippen LogP contribution in [0.5, 0.6) is 0 Å². The minimum Gasteiger partial charge on any atom is -0.299 e. The number of carbonyl (C=O) groups excluding carboxylic acids is 1. The van der Waals surface area contributed by atoms with Crippen molar-refractivity contribution in [2.24, 2.45) is 0 Å². The maximum absolute atomic E-state index is 12.9. The number of amides is 1. The number of anilines is 1. The molecule has 0 unspecified atom stereocenters. The van der Waals surface area contributed by atoms with Crippen molar-refractivity contribution in [2.75, 3.05) is 5.32 Å². The van der Waals surface area contributed by atoms with Gasteiger partial charge in [-0.2, -0.15) is 0 Å². The molecule has 1 aliphatic rings.